The Labute approximate surface area is 324 Å². The lowest BCUT2D eigenvalue weighted by Gasteiger charge is -2.13. The average molecular weight is 718 g/mol. The van der Waals surface area contributed by atoms with Crippen molar-refractivity contribution in [2.45, 2.75) is 0 Å². The molecule has 0 amide bonds. The summed E-state index contributed by atoms with van der Waals surface area (Å²) in [5.41, 5.74) is 9.69. The molecule has 0 fully saturated rings. The van der Waals surface area contributed by atoms with Crippen molar-refractivity contribution in [3.05, 3.63) is 194 Å². The molecule has 0 radical (unpaired) electrons. The standard InChI is InChI=1S/C49H31N7/c50-32-33-15-12-22-37(29-33)38-23-13-25-40(30-38)47-52-44(34-16-4-1-5-17-34)53-48(54-47)41-26-14-24-39(31-41)42-27-10-11-28-43(42)49-55-45(35-18-6-2-7-19-35)51-46(56-49)36-20-8-3-9-21-36/h1-31H. The first-order valence-corrected chi connectivity index (χ1v) is 18.2. The Morgan fingerprint density at radius 2 is 0.607 bits per heavy atom. The van der Waals surface area contributed by atoms with E-state index < -0.39 is 0 Å². The van der Waals surface area contributed by atoms with E-state index in [0.29, 0.717) is 40.5 Å². The molecule has 0 saturated carbocycles. The van der Waals surface area contributed by atoms with Gasteiger partial charge in [-0.2, -0.15) is 5.26 Å². The third kappa shape index (κ3) is 7.06. The van der Waals surface area contributed by atoms with Crippen LogP contribution in [0.1, 0.15) is 5.56 Å². The normalized spacial score (nSPS) is 10.8. The van der Waals surface area contributed by atoms with E-state index in [0.717, 1.165) is 55.6 Å². The zero-order chi connectivity index (χ0) is 37.7. The molecule has 9 rings (SSSR count). The fourth-order valence-electron chi connectivity index (χ4n) is 6.64. The van der Waals surface area contributed by atoms with E-state index in [1.54, 1.807) is 6.07 Å². The molecule has 56 heavy (non-hydrogen) atoms. The number of rotatable bonds is 8. The van der Waals surface area contributed by atoms with Crippen molar-refractivity contribution in [2.24, 2.45) is 0 Å². The minimum atomic E-state index is 0.544. The first-order valence-electron chi connectivity index (χ1n) is 18.2. The summed E-state index contributed by atoms with van der Waals surface area (Å²) in [5.74, 6) is 3.44. The number of benzene rings is 7. The van der Waals surface area contributed by atoms with E-state index in [2.05, 4.69) is 36.4 Å². The van der Waals surface area contributed by atoms with Crippen LogP contribution in [0.5, 0.6) is 0 Å². The molecule has 0 aliphatic carbocycles. The van der Waals surface area contributed by atoms with Crippen molar-refractivity contribution < 1.29 is 0 Å². The molecule has 0 atom stereocenters. The number of hydrogen-bond acceptors (Lipinski definition) is 7. The van der Waals surface area contributed by atoms with Gasteiger partial charge >= 0.3 is 0 Å². The summed E-state index contributed by atoms with van der Waals surface area (Å²) in [6.45, 7) is 0. The summed E-state index contributed by atoms with van der Waals surface area (Å²) in [5, 5.41) is 9.51. The van der Waals surface area contributed by atoms with Crippen LogP contribution >= 0.6 is 0 Å². The molecule has 0 aliphatic heterocycles. The van der Waals surface area contributed by atoms with Crippen LogP contribution in [0.15, 0.2) is 188 Å². The summed E-state index contributed by atoms with van der Waals surface area (Å²) >= 11 is 0. The Hall–Kier alpha value is -7.95. The molecule has 7 aromatic carbocycles. The zero-order valence-electron chi connectivity index (χ0n) is 30.0. The minimum absolute atomic E-state index is 0.544. The summed E-state index contributed by atoms with van der Waals surface area (Å²) < 4.78 is 0. The lowest BCUT2D eigenvalue weighted by molar-refractivity contribution is 1.07. The van der Waals surface area contributed by atoms with Gasteiger partial charge < -0.3 is 0 Å². The highest BCUT2D eigenvalue weighted by atomic mass is 15.0. The van der Waals surface area contributed by atoms with Gasteiger partial charge in [0.15, 0.2) is 34.9 Å². The highest BCUT2D eigenvalue weighted by Crippen LogP contribution is 2.35. The summed E-state index contributed by atoms with van der Waals surface area (Å²) in [6.07, 6.45) is 0. The van der Waals surface area contributed by atoms with Crippen LogP contribution in [0, 0.1) is 11.3 Å². The second-order valence-electron chi connectivity index (χ2n) is 13.1. The molecule has 2 heterocycles. The molecular weight excluding hydrogens is 687 g/mol. The molecule has 0 unspecified atom stereocenters. The van der Waals surface area contributed by atoms with E-state index in [-0.39, 0.29) is 0 Å². The molecule has 9 aromatic rings. The van der Waals surface area contributed by atoms with Gasteiger partial charge in [0.2, 0.25) is 0 Å². The monoisotopic (exact) mass is 717 g/mol. The number of hydrogen-bond donors (Lipinski definition) is 0. The maximum Gasteiger partial charge on any atom is 0.164 e. The van der Waals surface area contributed by atoms with Gasteiger partial charge in [-0.15, -0.1) is 0 Å². The zero-order valence-corrected chi connectivity index (χ0v) is 30.0. The number of nitrogens with zero attached hydrogens (tertiary/aromatic N) is 7. The molecule has 0 spiro atoms. The average Bonchev–Trinajstić information content (AvgIpc) is 3.29. The van der Waals surface area contributed by atoms with Crippen LogP contribution < -0.4 is 0 Å². The van der Waals surface area contributed by atoms with E-state index in [4.69, 9.17) is 29.9 Å². The molecular formula is C49H31N7. The first-order chi connectivity index (χ1) is 27.7. The van der Waals surface area contributed by atoms with Crippen molar-refractivity contribution >= 4 is 0 Å². The topological polar surface area (TPSA) is 101 Å². The fourth-order valence-corrected chi connectivity index (χ4v) is 6.64. The van der Waals surface area contributed by atoms with Gasteiger partial charge in [0, 0.05) is 33.4 Å². The second kappa shape index (κ2) is 15.2. The van der Waals surface area contributed by atoms with Crippen molar-refractivity contribution in [2.75, 3.05) is 0 Å². The Bertz CT molecular complexity index is 2810. The molecule has 7 nitrogen and oxygen atoms in total. The summed E-state index contributed by atoms with van der Waals surface area (Å²) in [6, 6.07) is 64.2. The number of aromatic nitrogens is 6. The van der Waals surface area contributed by atoms with Gasteiger partial charge in [-0.1, -0.05) is 164 Å². The number of nitriles is 1. The van der Waals surface area contributed by atoms with E-state index in [9.17, 15) is 5.26 Å². The quantitative estimate of drug-likeness (QED) is 0.154. The molecule has 0 aliphatic rings. The largest absolute Gasteiger partial charge is 0.208 e. The van der Waals surface area contributed by atoms with Crippen molar-refractivity contribution in [1.29, 1.82) is 5.26 Å². The fraction of sp³-hybridized carbons (Fsp3) is 0. The summed E-state index contributed by atoms with van der Waals surface area (Å²) in [4.78, 5) is 30.0. The van der Waals surface area contributed by atoms with Crippen molar-refractivity contribution in [3.8, 4) is 96.7 Å². The molecule has 2 aromatic heterocycles. The molecule has 0 bridgehead atoms. The van der Waals surface area contributed by atoms with Gasteiger partial charge in [-0.3, -0.25) is 0 Å². The van der Waals surface area contributed by atoms with E-state index >= 15 is 0 Å². The maximum atomic E-state index is 9.51. The highest BCUT2D eigenvalue weighted by Gasteiger charge is 2.18. The van der Waals surface area contributed by atoms with Crippen LogP contribution in [0.3, 0.4) is 0 Å². The third-order valence-corrected chi connectivity index (χ3v) is 9.41. The van der Waals surface area contributed by atoms with Gasteiger partial charge in [0.25, 0.3) is 0 Å². The Morgan fingerprint density at radius 1 is 0.268 bits per heavy atom. The smallest absolute Gasteiger partial charge is 0.164 e. The van der Waals surface area contributed by atoms with E-state index in [1.165, 1.54) is 0 Å². The predicted octanol–water partition coefficient (Wildman–Crippen LogP) is 11.3. The molecule has 7 heteroatoms. The van der Waals surface area contributed by atoms with Crippen LogP contribution in [0.2, 0.25) is 0 Å². The van der Waals surface area contributed by atoms with Gasteiger partial charge in [0.05, 0.1) is 11.6 Å². The van der Waals surface area contributed by atoms with Crippen LogP contribution in [0.4, 0.5) is 0 Å². The molecule has 0 saturated heterocycles. The predicted molar refractivity (Wildman–Crippen MR) is 221 cm³/mol. The first kappa shape index (κ1) is 33.9. The van der Waals surface area contributed by atoms with Crippen molar-refractivity contribution in [1.82, 2.24) is 29.9 Å². The van der Waals surface area contributed by atoms with Crippen molar-refractivity contribution in [3.63, 3.8) is 0 Å². The molecule has 262 valence electrons. The Kier molecular flexibility index (Phi) is 9.18. The Morgan fingerprint density at radius 3 is 1.11 bits per heavy atom. The van der Waals surface area contributed by atoms with Gasteiger partial charge in [-0.05, 0) is 46.5 Å². The van der Waals surface area contributed by atoms with Crippen LogP contribution in [0.25, 0.3) is 90.6 Å². The van der Waals surface area contributed by atoms with Gasteiger partial charge in [-0.25, -0.2) is 29.9 Å². The van der Waals surface area contributed by atoms with Gasteiger partial charge in [0.1, 0.15) is 0 Å². The second-order valence-corrected chi connectivity index (χ2v) is 13.1. The SMILES string of the molecule is N#Cc1cccc(-c2cccc(-c3nc(-c4ccccc4)nc(-c4cccc(-c5ccccc5-c5nc(-c6ccccc6)nc(-c6ccccc6)n5)c4)n3)c2)c1. The van der Waals surface area contributed by atoms with Crippen LogP contribution in [-0.2, 0) is 0 Å². The Balaban J connectivity index is 1.16. The lowest BCUT2D eigenvalue weighted by atomic mass is 9.97. The minimum Gasteiger partial charge on any atom is -0.208 e. The third-order valence-electron chi connectivity index (χ3n) is 9.41. The maximum absolute atomic E-state index is 9.51. The highest BCUT2D eigenvalue weighted by molar-refractivity contribution is 5.84. The summed E-state index contributed by atoms with van der Waals surface area (Å²) in [7, 11) is 0. The van der Waals surface area contributed by atoms with E-state index in [1.807, 2.05) is 152 Å². The molecule has 0 N–H and O–H groups in total. The lowest BCUT2D eigenvalue weighted by Crippen LogP contribution is -2.01. The van der Waals surface area contributed by atoms with Crippen LogP contribution in [-0.4, -0.2) is 29.9 Å².